The minimum absolute atomic E-state index is 0.0229. The Balaban J connectivity index is 1.67. The molecule has 0 aromatic carbocycles. The highest BCUT2D eigenvalue weighted by Crippen LogP contribution is 2.29. The van der Waals surface area contributed by atoms with Gasteiger partial charge in [0.2, 0.25) is 0 Å². The van der Waals surface area contributed by atoms with Crippen molar-refractivity contribution in [2.24, 2.45) is 0 Å². The summed E-state index contributed by atoms with van der Waals surface area (Å²) in [5, 5.41) is 3.82. The van der Waals surface area contributed by atoms with E-state index < -0.39 is 0 Å². The first kappa shape index (κ1) is 15.8. The third kappa shape index (κ3) is 2.66. The monoisotopic (exact) mass is 345 g/mol. The average Bonchev–Trinajstić information content (AvgIpc) is 3.06. The number of thiophene rings is 1. The van der Waals surface area contributed by atoms with Gasteiger partial charge >= 0.3 is 0 Å². The molecule has 1 N–H and O–H groups in total. The van der Waals surface area contributed by atoms with Crippen LogP contribution in [0.2, 0.25) is 0 Å². The van der Waals surface area contributed by atoms with E-state index in [0.717, 1.165) is 48.4 Å². The number of fused-ring (bicyclic) bond motifs is 2. The van der Waals surface area contributed by atoms with E-state index in [2.05, 4.69) is 10.3 Å². The molecule has 128 valence electrons. The molecular weight excluding hydrogens is 322 g/mol. The second kappa shape index (κ2) is 6.31. The SMILES string of the molecule is Cc1c(C(=O)NC2CCCCCC2)sc2nc3n(c(=O)c12)CCC3. The quantitative estimate of drug-likeness (QED) is 0.850. The first-order chi connectivity index (χ1) is 11.6. The molecule has 2 aliphatic rings. The molecule has 1 amide bonds. The van der Waals surface area contributed by atoms with Gasteiger partial charge in [0.05, 0.1) is 10.3 Å². The largest absolute Gasteiger partial charge is 0.349 e. The van der Waals surface area contributed by atoms with Crippen LogP contribution in [0.25, 0.3) is 10.2 Å². The topological polar surface area (TPSA) is 64.0 Å². The second-order valence-corrected chi connectivity index (χ2v) is 7.99. The van der Waals surface area contributed by atoms with Gasteiger partial charge < -0.3 is 5.32 Å². The van der Waals surface area contributed by atoms with Crippen molar-refractivity contribution in [3.63, 3.8) is 0 Å². The number of carbonyl (C=O) groups excluding carboxylic acids is 1. The molecule has 0 unspecified atom stereocenters. The summed E-state index contributed by atoms with van der Waals surface area (Å²) in [7, 11) is 0. The lowest BCUT2D eigenvalue weighted by Gasteiger charge is -2.15. The predicted molar refractivity (Wildman–Crippen MR) is 95.9 cm³/mol. The molecule has 2 aromatic rings. The molecule has 0 saturated heterocycles. The van der Waals surface area contributed by atoms with Gasteiger partial charge in [0.1, 0.15) is 10.7 Å². The van der Waals surface area contributed by atoms with Crippen LogP contribution in [0.5, 0.6) is 0 Å². The maximum Gasteiger partial charge on any atom is 0.262 e. The lowest BCUT2D eigenvalue weighted by atomic mass is 10.1. The van der Waals surface area contributed by atoms with Crippen LogP contribution in [0.4, 0.5) is 0 Å². The molecule has 2 aromatic heterocycles. The van der Waals surface area contributed by atoms with Gasteiger partial charge in [-0.3, -0.25) is 14.2 Å². The molecule has 0 radical (unpaired) electrons. The molecular formula is C18H23N3O2S. The lowest BCUT2D eigenvalue weighted by molar-refractivity contribution is 0.0937. The predicted octanol–water partition coefficient (Wildman–Crippen LogP) is 3.17. The standard InChI is InChI=1S/C18H23N3O2S/c1-11-14-17(20-13-9-6-10-21(13)18(14)23)24-15(11)16(22)19-12-7-4-2-3-5-8-12/h12H,2-10H2,1H3,(H,19,22). The van der Waals surface area contributed by atoms with Crippen LogP contribution in [0.3, 0.4) is 0 Å². The number of rotatable bonds is 2. The number of aryl methyl sites for hydroxylation is 2. The molecule has 0 atom stereocenters. The van der Waals surface area contributed by atoms with Gasteiger partial charge in [-0.2, -0.15) is 0 Å². The Morgan fingerprint density at radius 2 is 1.96 bits per heavy atom. The van der Waals surface area contributed by atoms with Gasteiger partial charge in [-0.1, -0.05) is 25.7 Å². The summed E-state index contributed by atoms with van der Waals surface area (Å²) in [4.78, 5) is 31.5. The summed E-state index contributed by atoms with van der Waals surface area (Å²) in [5.74, 6) is 0.830. The molecule has 3 heterocycles. The Kier molecular flexibility index (Phi) is 4.16. The van der Waals surface area contributed by atoms with E-state index >= 15 is 0 Å². The lowest BCUT2D eigenvalue weighted by Crippen LogP contribution is -2.34. The summed E-state index contributed by atoms with van der Waals surface area (Å²) >= 11 is 1.37. The minimum Gasteiger partial charge on any atom is -0.349 e. The van der Waals surface area contributed by atoms with Crippen LogP contribution in [0.1, 0.15) is 66.0 Å². The summed E-state index contributed by atoms with van der Waals surface area (Å²) in [6, 6.07) is 0.267. The number of hydrogen-bond donors (Lipinski definition) is 1. The van der Waals surface area contributed by atoms with E-state index in [1.165, 1.54) is 37.0 Å². The number of aromatic nitrogens is 2. The Hall–Kier alpha value is -1.69. The van der Waals surface area contributed by atoms with Crippen LogP contribution in [-0.2, 0) is 13.0 Å². The third-order valence-corrected chi connectivity index (χ3v) is 6.49. The molecule has 4 rings (SSSR count). The number of nitrogens with one attached hydrogen (secondary N) is 1. The molecule has 1 fully saturated rings. The highest BCUT2D eigenvalue weighted by Gasteiger charge is 2.24. The Morgan fingerprint density at radius 1 is 1.21 bits per heavy atom. The van der Waals surface area contributed by atoms with Crippen molar-refractivity contribution < 1.29 is 4.79 Å². The average molecular weight is 345 g/mol. The van der Waals surface area contributed by atoms with Gasteiger partial charge in [0, 0.05) is 19.0 Å². The van der Waals surface area contributed by atoms with Gasteiger partial charge in [0.25, 0.3) is 11.5 Å². The van der Waals surface area contributed by atoms with Crippen LogP contribution < -0.4 is 10.9 Å². The Labute approximate surface area is 145 Å². The molecule has 0 spiro atoms. The molecule has 0 bridgehead atoms. The van der Waals surface area contributed by atoms with Gasteiger partial charge in [-0.25, -0.2) is 4.98 Å². The summed E-state index contributed by atoms with van der Waals surface area (Å²) in [6.07, 6.45) is 8.86. The fourth-order valence-corrected chi connectivity index (χ4v) is 5.06. The van der Waals surface area contributed by atoms with E-state index in [4.69, 9.17) is 0 Å². The van der Waals surface area contributed by atoms with E-state index in [0.29, 0.717) is 10.3 Å². The molecule has 24 heavy (non-hydrogen) atoms. The van der Waals surface area contributed by atoms with Crippen molar-refractivity contribution in [2.45, 2.75) is 70.9 Å². The van der Waals surface area contributed by atoms with E-state index in [9.17, 15) is 9.59 Å². The third-order valence-electron chi connectivity index (χ3n) is 5.31. The van der Waals surface area contributed by atoms with Crippen LogP contribution >= 0.6 is 11.3 Å². The zero-order valence-corrected chi connectivity index (χ0v) is 14.9. The number of nitrogens with zero attached hydrogens (tertiary/aromatic N) is 2. The highest BCUT2D eigenvalue weighted by molar-refractivity contribution is 7.20. The van der Waals surface area contributed by atoms with Crippen molar-refractivity contribution in [1.82, 2.24) is 14.9 Å². The zero-order valence-electron chi connectivity index (χ0n) is 14.1. The van der Waals surface area contributed by atoms with Crippen molar-refractivity contribution in [3.05, 3.63) is 26.6 Å². The fourth-order valence-electron chi connectivity index (χ4n) is 3.97. The molecule has 1 aliphatic heterocycles. The van der Waals surface area contributed by atoms with Crippen molar-refractivity contribution in [1.29, 1.82) is 0 Å². The highest BCUT2D eigenvalue weighted by atomic mass is 32.1. The smallest absolute Gasteiger partial charge is 0.262 e. The Morgan fingerprint density at radius 3 is 2.71 bits per heavy atom. The Bertz CT molecular complexity index is 844. The van der Waals surface area contributed by atoms with E-state index in [-0.39, 0.29) is 17.5 Å². The number of carbonyl (C=O) groups is 1. The summed E-state index contributed by atoms with van der Waals surface area (Å²) < 4.78 is 1.77. The number of hydrogen-bond acceptors (Lipinski definition) is 4. The number of amides is 1. The maximum atomic E-state index is 12.7. The molecule has 1 saturated carbocycles. The second-order valence-electron chi connectivity index (χ2n) is 6.99. The minimum atomic E-state index is -0.0352. The van der Waals surface area contributed by atoms with E-state index in [1.54, 1.807) is 4.57 Å². The zero-order chi connectivity index (χ0) is 16.7. The van der Waals surface area contributed by atoms with Crippen LogP contribution in [-0.4, -0.2) is 21.5 Å². The van der Waals surface area contributed by atoms with E-state index in [1.807, 2.05) is 6.92 Å². The van der Waals surface area contributed by atoms with Crippen molar-refractivity contribution in [2.75, 3.05) is 0 Å². The molecule has 5 nitrogen and oxygen atoms in total. The van der Waals surface area contributed by atoms with Gasteiger partial charge in [0.15, 0.2) is 0 Å². The maximum absolute atomic E-state index is 12.7. The van der Waals surface area contributed by atoms with Crippen molar-refractivity contribution >= 4 is 27.5 Å². The van der Waals surface area contributed by atoms with Crippen LogP contribution in [0, 0.1) is 6.92 Å². The first-order valence-corrected chi connectivity index (χ1v) is 9.80. The van der Waals surface area contributed by atoms with Gasteiger partial charge in [-0.15, -0.1) is 11.3 Å². The van der Waals surface area contributed by atoms with Crippen molar-refractivity contribution in [3.8, 4) is 0 Å². The molecule has 1 aliphatic carbocycles. The normalized spacial score (nSPS) is 18.5. The summed E-state index contributed by atoms with van der Waals surface area (Å²) in [6.45, 7) is 2.63. The fraction of sp³-hybridized carbons (Fsp3) is 0.611. The van der Waals surface area contributed by atoms with Gasteiger partial charge in [-0.05, 0) is 31.7 Å². The summed E-state index contributed by atoms with van der Waals surface area (Å²) in [5.41, 5.74) is 0.815. The molecule has 6 heteroatoms. The van der Waals surface area contributed by atoms with Crippen LogP contribution in [0.15, 0.2) is 4.79 Å². The first-order valence-electron chi connectivity index (χ1n) is 8.99.